The van der Waals surface area contributed by atoms with Gasteiger partial charge >= 0.3 is 0 Å². The van der Waals surface area contributed by atoms with Crippen molar-refractivity contribution < 1.29 is 0 Å². The van der Waals surface area contributed by atoms with Crippen LogP contribution in [0, 0.1) is 5.41 Å². The lowest BCUT2D eigenvalue weighted by Crippen LogP contribution is -2.44. The van der Waals surface area contributed by atoms with Crippen LogP contribution in [0.1, 0.15) is 25.3 Å². The molecule has 0 radical (unpaired) electrons. The van der Waals surface area contributed by atoms with E-state index in [1.54, 1.807) is 0 Å². The average molecular weight is 317 g/mol. The second-order valence-electron chi connectivity index (χ2n) is 5.40. The lowest BCUT2D eigenvalue weighted by Gasteiger charge is -2.38. The lowest BCUT2D eigenvalue weighted by atomic mass is 9.80. The van der Waals surface area contributed by atoms with Gasteiger partial charge in [-0.1, -0.05) is 48.4 Å². The first kappa shape index (κ1) is 15.0. The van der Waals surface area contributed by atoms with Gasteiger partial charge in [-0.15, -0.1) is 0 Å². The van der Waals surface area contributed by atoms with E-state index in [0.29, 0.717) is 4.99 Å². The average Bonchev–Trinajstić information content (AvgIpc) is 2.36. The van der Waals surface area contributed by atoms with Crippen LogP contribution in [0.15, 0.2) is 18.2 Å². The van der Waals surface area contributed by atoms with Crippen LogP contribution in [0.5, 0.6) is 0 Å². The van der Waals surface area contributed by atoms with Gasteiger partial charge in [-0.3, -0.25) is 4.90 Å². The van der Waals surface area contributed by atoms with E-state index >= 15 is 0 Å². The number of halogens is 2. The molecular weight excluding hydrogens is 299 g/mol. The van der Waals surface area contributed by atoms with E-state index in [4.69, 9.17) is 41.2 Å². The fourth-order valence-electron chi connectivity index (χ4n) is 2.36. The maximum atomic E-state index is 6.20. The van der Waals surface area contributed by atoms with Crippen LogP contribution >= 0.6 is 35.4 Å². The summed E-state index contributed by atoms with van der Waals surface area (Å²) in [6.07, 6.45) is 1.98. The molecule has 1 aromatic carbocycles. The van der Waals surface area contributed by atoms with Gasteiger partial charge in [0.25, 0.3) is 0 Å². The van der Waals surface area contributed by atoms with E-state index in [1.165, 1.54) is 0 Å². The number of piperidine rings is 1. The molecular formula is C14H18Cl2N2S. The summed E-state index contributed by atoms with van der Waals surface area (Å²) in [5.74, 6) is 0. The Labute approximate surface area is 129 Å². The van der Waals surface area contributed by atoms with Crippen molar-refractivity contribution in [2.75, 3.05) is 13.1 Å². The Kier molecular flexibility index (Phi) is 4.72. The van der Waals surface area contributed by atoms with Gasteiger partial charge in [0.15, 0.2) is 0 Å². The van der Waals surface area contributed by atoms with Crippen molar-refractivity contribution in [2.24, 2.45) is 11.1 Å². The molecule has 0 aliphatic carbocycles. The molecule has 0 bridgehead atoms. The molecule has 104 valence electrons. The molecule has 2 rings (SSSR count). The maximum absolute atomic E-state index is 6.20. The summed E-state index contributed by atoms with van der Waals surface area (Å²) in [5, 5.41) is 1.46. The minimum absolute atomic E-state index is 0.00386. The van der Waals surface area contributed by atoms with Gasteiger partial charge in [0.2, 0.25) is 0 Å². The predicted octanol–water partition coefficient (Wildman–Crippen LogP) is 3.88. The van der Waals surface area contributed by atoms with Crippen LogP contribution in [0.2, 0.25) is 10.0 Å². The molecule has 0 amide bonds. The zero-order chi connectivity index (χ0) is 14.0. The van der Waals surface area contributed by atoms with E-state index < -0.39 is 0 Å². The molecule has 1 aliphatic rings. The molecule has 2 N–H and O–H groups in total. The third-order valence-electron chi connectivity index (χ3n) is 4.00. The van der Waals surface area contributed by atoms with Gasteiger partial charge in [-0.2, -0.15) is 0 Å². The van der Waals surface area contributed by atoms with Crippen molar-refractivity contribution in [3.05, 3.63) is 33.8 Å². The van der Waals surface area contributed by atoms with Crippen LogP contribution < -0.4 is 5.73 Å². The summed E-state index contributed by atoms with van der Waals surface area (Å²) in [7, 11) is 0. The summed E-state index contributed by atoms with van der Waals surface area (Å²) >= 11 is 17.6. The Bertz CT molecular complexity index is 462. The topological polar surface area (TPSA) is 29.3 Å². The zero-order valence-corrected chi connectivity index (χ0v) is 13.3. The quantitative estimate of drug-likeness (QED) is 0.858. The predicted molar refractivity (Wildman–Crippen MR) is 85.9 cm³/mol. The minimum Gasteiger partial charge on any atom is -0.393 e. The molecule has 0 atom stereocenters. The van der Waals surface area contributed by atoms with Gasteiger partial charge in [0.05, 0.1) is 4.99 Å². The Morgan fingerprint density at radius 2 is 1.84 bits per heavy atom. The molecule has 19 heavy (non-hydrogen) atoms. The summed E-state index contributed by atoms with van der Waals surface area (Å²) in [4.78, 5) is 2.98. The minimum atomic E-state index is -0.00386. The highest BCUT2D eigenvalue weighted by Crippen LogP contribution is 2.33. The summed E-state index contributed by atoms with van der Waals surface area (Å²) < 4.78 is 0. The van der Waals surface area contributed by atoms with Crippen molar-refractivity contribution >= 4 is 40.4 Å². The molecule has 0 saturated carbocycles. The second kappa shape index (κ2) is 5.96. The van der Waals surface area contributed by atoms with Crippen molar-refractivity contribution in [1.82, 2.24) is 4.90 Å². The number of benzene rings is 1. The number of hydrogen-bond acceptors (Lipinski definition) is 2. The Balaban J connectivity index is 2.02. The fourth-order valence-corrected chi connectivity index (χ4v) is 3.08. The van der Waals surface area contributed by atoms with E-state index in [9.17, 15) is 0 Å². The molecule has 5 heteroatoms. The number of nitrogens with two attached hydrogens (primary N) is 1. The fraction of sp³-hybridized carbons (Fsp3) is 0.500. The maximum Gasteiger partial charge on any atom is 0.0788 e. The van der Waals surface area contributed by atoms with Gasteiger partial charge < -0.3 is 5.73 Å². The van der Waals surface area contributed by atoms with Crippen LogP contribution in [0.25, 0.3) is 0 Å². The summed E-state index contributed by atoms with van der Waals surface area (Å²) in [5.41, 5.74) is 6.82. The molecule has 0 aromatic heterocycles. The van der Waals surface area contributed by atoms with E-state index in [-0.39, 0.29) is 5.41 Å². The molecule has 1 heterocycles. The van der Waals surface area contributed by atoms with E-state index in [2.05, 4.69) is 11.8 Å². The van der Waals surface area contributed by atoms with Crippen molar-refractivity contribution in [3.8, 4) is 0 Å². The number of thiocarbonyl (C=S) groups is 1. The Morgan fingerprint density at radius 1 is 1.32 bits per heavy atom. The van der Waals surface area contributed by atoms with Gasteiger partial charge in [0.1, 0.15) is 0 Å². The first-order valence-corrected chi connectivity index (χ1v) is 7.54. The van der Waals surface area contributed by atoms with E-state index in [1.807, 2.05) is 18.2 Å². The van der Waals surface area contributed by atoms with Gasteiger partial charge in [-0.25, -0.2) is 0 Å². The normalized spacial score (nSPS) is 19.3. The number of nitrogens with zero attached hydrogens (tertiary/aromatic N) is 1. The Morgan fingerprint density at radius 3 is 2.32 bits per heavy atom. The van der Waals surface area contributed by atoms with Crippen LogP contribution in [-0.4, -0.2) is 23.0 Å². The molecule has 0 unspecified atom stereocenters. The first-order chi connectivity index (χ1) is 8.92. The zero-order valence-electron chi connectivity index (χ0n) is 11.0. The molecule has 1 fully saturated rings. The number of rotatable bonds is 3. The standard InChI is InChI=1S/C14H18Cl2N2S/c1-14(13(17)19)5-7-18(8-6-14)9-10-11(15)3-2-4-12(10)16/h2-4H,5-9H2,1H3,(H2,17,19). The monoisotopic (exact) mass is 316 g/mol. The lowest BCUT2D eigenvalue weighted by molar-refractivity contribution is 0.158. The summed E-state index contributed by atoms with van der Waals surface area (Å²) in [6.45, 7) is 4.87. The molecule has 0 spiro atoms. The van der Waals surface area contributed by atoms with Crippen LogP contribution in [0.3, 0.4) is 0 Å². The molecule has 2 nitrogen and oxygen atoms in total. The van der Waals surface area contributed by atoms with E-state index in [0.717, 1.165) is 48.1 Å². The smallest absolute Gasteiger partial charge is 0.0788 e. The Hall–Kier alpha value is -0.350. The van der Waals surface area contributed by atoms with Gasteiger partial charge in [0, 0.05) is 27.6 Å². The highest BCUT2D eigenvalue weighted by Gasteiger charge is 2.32. The number of hydrogen-bond donors (Lipinski definition) is 1. The highest BCUT2D eigenvalue weighted by atomic mass is 35.5. The van der Waals surface area contributed by atoms with Crippen LogP contribution in [-0.2, 0) is 6.54 Å². The summed E-state index contributed by atoms with van der Waals surface area (Å²) in [6, 6.07) is 5.63. The SMILES string of the molecule is CC1(C(N)=S)CCN(Cc2c(Cl)cccc2Cl)CC1. The van der Waals surface area contributed by atoms with Crippen LogP contribution in [0.4, 0.5) is 0 Å². The second-order valence-corrected chi connectivity index (χ2v) is 6.66. The van der Waals surface area contributed by atoms with Gasteiger partial charge in [-0.05, 0) is 38.1 Å². The first-order valence-electron chi connectivity index (χ1n) is 6.37. The highest BCUT2D eigenvalue weighted by molar-refractivity contribution is 7.80. The number of likely N-dealkylation sites (tertiary alicyclic amines) is 1. The third-order valence-corrected chi connectivity index (χ3v) is 5.20. The van der Waals surface area contributed by atoms with Crippen molar-refractivity contribution in [2.45, 2.75) is 26.3 Å². The van der Waals surface area contributed by atoms with Crippen molar-refractivity contribution in [1.29, 1.82) is 0 Å². The molecule has 1 saturated heterocycles. The van der Waals surface area contributed by atoms with Crippen molar-refractivity contribution in [3.63, 3.8) is 0 Å². The third kappa shape index (κ3) is 3.40. The molecule has 1 aliphatic heterocycles. The largest absolute Gasteiger partial charge is 0.393 e. The molecule has 1 aromatic rings.